The Bertz CT molecular complexity index is 122. The Morgan fingerprint density at radius 3 is 1.71 bits per heavy atom. The van der Waals surface area contributed by atoms with Crippen molar-refractivity contribution in [3.63, 3.8) is 0 Å². The van der Waals surface area contributed by atoms with Crippen molar-refractivity contribution in [1.29, 1.82) is 4.61 Å². The minimum Gasteiger partial charge on any atom is -0.220 e. The minimum absolute atomic E-state index is 0.921. The van der Waals surface area contributed by atoms with Crippen LogP contribution in [0.2, 0.25) is 0 Å². The molecule has 0 rings (SSSR count). The average Bonchev–Trinajstić information content (AvgIpc) is 1.68. The maximum Gasteiger partial charge on any atom is 0.0139 e. The van der Waals surface area contributed by atoms with E-state index in [1.807, 2.05) is 13.8 Å². The van der Waals surface area contributed by atoms with Crippen LogP contribution in [-0.2, 0) is 0 Å². The summed E-state index contributed by atoms with van der Waals surface area (Å²) in [6.45, 7) is 2.85. The fourth-order valence-corrected chi connectivity index (χ4v) is 0.612. The smallest absolute Gasteiger partial charge is 0.0139 e. The number of nitrogens with zero attached hydrogens (tertiary/aromatic N) is 1. The Kier molecular flexibility index (Phi) is 3.28. The number of hydrogen-bond acceptors (Lipinski definition) is 1. The predicted molar refractivity (Wildman–Crippen MR) is 44.4 cm³/mol. The van der Waals surface area contributed by atoms with Gasteiger partial charge >= 0.3 is 0 Å². The van der Waals surface area contributed by atoms with E-state index in [2.05, 4.69) is 21.2 Å². The normalized spacial score (nSPS) is 11.7. The van der Waals surface area contributed by atoms with Gasteiger partial charge in [-0.05, 0) is 6.83 Å². The van der Waals surface area contributed by atoms with E-state index in [1.54, 1.807) is 0 Å². The molecule has 0 amide bonds. The molecule has 0 aromatic rings. The third-order valence-corrected chi connectivity index (χ3v) is 6.39. The van der Waals surface area contributed by atoms with Crippen LogP contribution in [0.5, 0.6) is 0 Å². The van der Waals surface area contributed by atoms with Gasteiger partial charge in [0.15, 0.2) is 0 Å². The second-order valence-corrected chi connectivity index (χ2v) is 8.90. The summed E-state index contributed by atoms with van der Waals surface area (Å²) in [6, 6.07) is 0. The Hall–Kier alpha value is 0.790. The molecule has 0 atom stereocenters. The summed E-state index contributed by atoms with van der Waals surface area (Å²) in [4.78, 5) is 0. The molecule has 0 aromatic heterocycles. The van der Waals surface area contributed by atoms with Crippen LogP contribution in [0.4, 0.5) is 0 Å². The minimum atomic E-state index is -1.19. The van der Waals surface area contributed by atoms with Gasteiger partial charge in [-0.1, -0.05) is 13.8 Å². The summed E-state index contributed by atoms with van der Waals surface area (Å²) in [6.07, 6.45) is 0. The van der Waals surface area contributed by atoms with E-state index >= 15 is 0 Å². The lowest BCUT2D eigenvalue weighted by Crippen LogP contribution is -1.79. The molecule has 0 aliphatic rings. The first-order valence-electron chi connectivity index (χ1n) is 2.33. The zero-order chi connectivity index (χ0) is 5.91. The highest BCUT2D eigenvalue weighted by Crippen LogP contribution is 2.39. The van der Waals surface area contributed by atoms with Gasteiger partial charge in [-0.3, -0.25) is 0 Å². The van der Waals surface area contributed by atoms with Crippen LogP contribution in [0.3, 0.4) is 0 Å². The zero-order valence-corrected chi connectivity index (χ0v) is 7.62. The van der Waals surface area contributed by atoms with Crippen molar-refractivity contribution in [3.8, 4) is 0 Å². The summed E-state index contributed by atoms with van der Waals surface area (Å²) in [5.41, 5.74) is 0. The van der Waals surface area contributed by atoms with E-state index in [9.17, 15) is 4.61 Å². The second kappa shape index (κ2) is 2.95. The number of hydrogen-bond donors (Lipinski definition) is 0. The zero-order valence-electron chi connectivity index (χ0n) is 4.65. The predicted octanol–water partition coefficient (Wildman–Crippen LogP) is 2.66. The molecule has 1 nitrogen and oxygen atoms in total. The fourth-order valence-electron chi connectivity index (χ4n) is 0.204. The van der Waals surface area contributed by atoms with Crippen LogP contribution in [0.25, 0.3) is 0 Å². The summed E-state index contributed by atoms with van der Waals surface area (Å²) < 4.78 is 9.20. The van der Waals surface area contributed by atoms with Gasteiger partial charge in [-0.25, -0.2) is 4.61 Å². The van der Waals surface area contributed by atoms with Crippen LogP contribution < -0.4 is 0 Å². The molecular formula is C4H10INS. The molecule has 0 aromatic carbocycles. The third-order valence-electron chi connectivity index (χ3n) is 0.885. The molecule has 0 bridgehead atoms. The van der Waals surface area contributed by atoms with Crippen LogP contribution in [0.1, 0.15) is 13.8 Å². The summed E-state index contributed by atoms with van der Waals surface area (Å²) in [7, 11) is 0. The molecule has 0 heterocycles. The maximum atomic E-state index is 9.20. The fraction of sp³-hybridized carbons (Fsp3) is 1.00. The van der Waals surface area contributed by atoms with E-state index in [0.717, 1.165) is 11.5 Å². The molecule has 0 aliphatic carbocycles. The van der Waals surface area contributed by atoms with Crippen LogP contribution in [0.15, 0.2) is 0 Å². The summed E-state index contributed by atoms with van der Waals surface area (Å²) >= 11 is 2.14. The van der Waals surface area contributed by atoms with E-state index in [4.69, 9.17) is 0 Å². The third kappa shape index (κ3) is 3.38. The lowest BCUT2D eigenvalue weighted by Gasteiger charge is -2.01. The first kappa shape index (κ1) is 7.79. The lowest BCUT2D eigenvalue weighted by atomic mass is 11.0. The van der Waals surface area contributed by atoms with E-state index in [-0.39, 0.29) is 0 Å². The van der Waals surface area contributed by atoms with Crippen LogP contribution in [-0.4, -0.2) is 11.5 Å². The highest BCUT2D eigenvalue weighted by Gasteiger charge is 1.99. The van der Waals surface area contributed by atoms with Gasteiger partial charge in [0.25, 0.3) is 0 Å². The van der Waals surface area contributed by atoms with Gasteiger partial charge in [-0.15, -0.1) is 0 Å². The molecule has 0 saturated heterocycles. The molecule has 0 spiro atoms. The molecule has 0 saturated carbocycles. The standard InChI is InChI=1S/C4H10INS/c1-3-7(5,6)4-2/h3-4H2,1-2H3. The number of rotatable bonds is 0. The maximum absolute atomic E-state index is 9.20. The molecule has 0 aliphatic heterocycles. The van der Waals surface area contributed by atoms with E-state index in [0.29, 0.717) is 0 Å². The number of halogens is 1. The van der Waals surface area contributed by atoms with Crippen molar-refractivity contribution in [3.05, 3.63) is 0 Å². The summed E-state index contributed by atoms with van der Waals surface area (Å²) in [5.74, 6) is 1.84. The molecule has 0 unspecified atom stereocenters. The molecule has 7 heavy (non-hydrogen) atoms. The summed E-state index contributed by atoms with van der Waals surface area (Å²) in [5, 5.41) is 0. The van der Waals surface area contributed by atoms with Gasteiger partial charge in [0.05, 0.1) is 0 Å². The van der Waals surface area contributed by atoms with Crippen LogP contribution >= 0.6 is 28.0 Å². The van der Waals surface area contributed by atoms with Gasteiger partial charge in [-0.2, -0.15) is 0 Å². The highest BCUT2D eigenvalue weighted by molar-refractivity contribution is 14.2. The van der Waals surface area contributed by atoms with Gasteiger partial charge in [0.1, 0.15) is 0 Å². The highest BCUT2D eigenvalue weighted by atomic mass is 127. The van der Waals surface area contributed by atoms with Gasteiger partial charge < -0.3 is 0 Å². The second-order valence-electron chi connectivity index (χ2n) is 1.33. The van der Waals surface area contributed by atoms with Gasteiger partial charge in [0, 0.05) is 32.7 Å². The Morgan fingerprint density at radius 1 is 1.43 bits per heavy atom. The van der Waals surface area contributed by atoms with Crippen molar-refractivity contribution in [1.82, 2.24) is 0 Å². The van der Waals surface area contributed by atoms with Crippen molar-refractivity contribution in [2.24, 2.45) is 0 Å². The van der Waals surface area contributed by atoms with Gasteiger partial charge in [0.2, 0.25) is 0 Å². The quantitative estimate of drug-likeness (QED) is 0.588. The Balaban J connectivity index is 3.70. The van der Waals surface area contributed by atoms with Crippen LogP contribution in [0, 0.1) is 4.61 Å². The molecule has 3 heteroatoms. The van der Waals surface area contributed by atoms with Crippen molar-refractivity contribution >= 4 is 28.0 Å². The Labute approximate surface area is 58.0 Å². The van der Waals surface area contributed by atoms with E-state index in [1.165, 1.54) is 0 Å². The molecular weight excluding hydrogens is 221 g/mol. The average molecular weight is 231 g/mol. The molecule has 0 N–H and O–H groups in total. The molecule has 0 fully saturated rings. The topological polar surface area (TPSA) is 23.8 Å². The van der Waals surface area contributed by atoms with Crippen molar-refractivity contribution in [2.75, 3.05) is 11.5 Å². The largest absolute Gasteiger partial charge is 0.220 e. The first-order valence-corrected chi connectivity index (χ1v) is 6.80. The monoisotopic (exact) mass is 231 g/mol. The van der Waals surface area contributed by atoms with Crippen molar-refractivity contribution < 1.29 is 0 Å². The SMILES string of the molecule is CCS(#N)(I)CC. The molecule has 44 valence electrons. The first-order chi connectivity index (χ1) is 3.12. The Morgan fingerprint density at radius 2 is 1.71 bits per heavy atom. The lowest BCUT2D eigenvalue weighted by molar-refractivity contribution is 1.42. The molecule has 0 radical (unpaired) electrons. The van der Waals surface area contributed by atoms with Crippen molar-refractivity contribution in [2.45, 2.75) is 13.8 Å². The van der Waals surface area contributed by atoms with E-state index < -0.39 is 6.83 Å².